The SMILES string of the molecule is CC(C)CCN1C(=O)C=CC1(C)C. The van der Waals surface area contributed by atoms with E-state index in [1.54, 1.807) is 6.08 Å². The van der Waals surface area contributed by atoms with E-state index >= 15 is 0 Å². The van der Waals surface area contributed by atoms with Crippen LogP contribution >= 0.6 is 0 Å². The molecule has 2 nitrogen and oxygen atoms in total. The number of hydrogen-bond acceptors (Lipinski definition) is 1. The minimum atomic E-state index is -0.0774. The first kappa shape index (κ1) is 10.3. The number of hydrogen-bond donors (Lipinski definition) is 0. The van der Waals surface area contributed by atoms with E-state index in [1.165, 1.54) is 0 Å². The van der Waals surface area contributed by atoms with Crippen molar-refractivity contribution in [3.8, 4) is 0 Å². The Labute approximate surface area is 80.6 Å². The summed E-state index contributed by atoms with van der Waals surface area (Å²) in [6, 6.07) is 0. The van der Waals surface area contributed by atoms with Crippen molar-refractivity contribution in [1.29, 1.82) is 0 Å². The average molecular weight is 181 g/mol. The third-order valence-electron chi connectivity index (χ3n) is 2.53. The quantitative estimate of drug-likeness (QED) is 0.653. The number of carbonyl (C=O) groups is 1. The molecule has 74 valence electrons. The average Bonchev–Trinajstić information content (AvgIpc) is 2.23. The van der Waals surface area contributed by atoms with Gasteiger partial charge in [0.15, 0.2) is 0 Å². The number of rotatable bonds is 3. The van der Waals surface area contributed by atoms with Gasteiger partial charge in [0, 0.05) is 12.6 Å². The molecule has 0 fully saturated rings. The Hall–Kier alpha value is -0.790. The fourth-order valence-electron chi connectivity index (χ4n) is 1.52. The van der Waals surface area contributed by atoms with Crippen LogP contribution < -0.4 is 0 Å². The predicted octanol–water partition coefficient (Wildman–Crippen LogP) is 2.21. The van der Waals surface area contributed by atoms with E-state index in [0.717, 1.165) is 13.0 Å². The molecule has 1 amide bonds. The second-order valence-electron chi connectivity index (χ2n) is 4.66. The van der Waals surface area contributed by atoms with Gasteiger partial charge in [0.1, 0.15) is 0 Å². The highest BCUT2D eigenvalue weighted by Crippen LogP contribution is 2.23. The molecule has 0 aliphatic carbocycles. The van der Waals surface area contributed by atoms with Gasteiger partial charge in [-0.25, -0.2) is 0 Å². The topological polar surface area (TPSA) is 20.3 Å². The molecule has 0 radical (unpaired) electrons. The van der Waals surface area contributed by atoms with Crippen molar-refractivity contribution in [2.45, 2.75) is 39.7 Å². The molecular weight excluding hydrogens is 162 g/mol. The summed E-state index contributed by atoms with van der Waals surface area (Å²) in [6.45, 7) is 9.39. The molecule has 0 aromatic carbocycles. The normalized spacial score (nSPS) is 20.4. The molecule has 0 N–H and O–H groups in total. The zero-order valence-corrected chi connectivity index (χ0v) is 9.00. The van der Waals surface area contributed by atoms with Crippen LogP contribution in [-0.2, 0) is 4.79 Å². The molecule has 2 heteroatoms. The summed E-state index contributed by atoms with van der Waals surface area (Å²) in [7, 11) is 0. The lowest BCUT2D eigenvalue weighted by atomic mass is 10.0. The molecule has 0 saturated heterocycles. The Bertz CT molecular complexity index is 228. The molecular formula is C11H19NO. The third kappa shape index (κ3) is 2.33. The van der Waals surface area contributed by atoms with Gasteiger partial charge in [0.2, 0.25) is 5.91 Å². The zero-order chi connectivity index (χ0) is 10.1. The fourth-order valence-corrected chi connectivity index (χ4v) is 1.52. The van der Waals surface area contributed by atoms with Crippen molar-refractivity contribution in [2.75, 3.05) is 6.54 Å². The second kappa shape index (κ2) is 3.52. The lowest BCUT2D eigenvalue weighted by Gasteiger charge is -2.31. The van der Waals surface area contributed by atoms with Gasteiger partial charge >= 0.3 is 0 Å². The Morgan fingerprint density at radius 3 is 2.46 bits per heavy atom. The maximum atomic E-state index is 11.4. The van der Waals surface area contributed by atoms with E-state index < -0.39 is 0 Å². The summed E-state index contributed by atoms with van der Waals surface area (Å²) in [6.07, 6.45) is 4.74. The highest BCUT2D eigenvalue weighted by Gasteiger charge is 2.31. The Kier molecular flexibility index (Phi) is 2.79. The van der Waals surface area contributed by atoms with Crippen LogP contribution in [0, 0.1) is 5.92 Å². The fraction of sp³-hybridized carbons (Fsp3) is 0.727. The van der Waals surface area contributed by atoms with Crippen molar-refractivity contribution < 1.29 is 4.79 Å². The lowest BCUT2D eigenvalue weighted by Crippen LogP contribution is -2.42. The first-order valence-electron chi connectivity index (χ1n) is 4.94. The Morgan fingerprint density at radius 2 is 2.08 bits per heavy atom. The molecule has 1 aliphatic heterocycles. The molecule has 0 aromatic rings. The van der Waals surface area contributed by atoms with Crippen molar-refractivity contribution >= 4 is 5.91 Å². The molecule has 0 spiro atoms. The van der Waals surface area contributed by atoms with Crippen LogP contribution in [0.25, 0.3) is 0 Å². The van der Waals surface area contributed by atoms with Gasteiger partial charge in [-0.1, -0.05) is 19.9 Å². The van der Waals surface area contributed by atoms with E-state index in [-0.39, 0.29) is 11.4 Å². The number of amides is 1. The van der Waals surface area contributed by atoms with Crippen LogP contribution in [-0.4, -0.2) is 22.9 Å². The van der Waals surface area contributed by atoms with E-state index in [2.05, 4.69) is 27.7 Å². The van der Waals surface area contributed by atoms with Gasteiger partial charge in [0.25, 0.3) is 0 Å². The molecule has 1 aliphatic rings. The standard InChI is InChI=1S/C11H19NO/c1-9(2)6-8-12-10(13)5-7-11(12,3)4/h5,7,9H,6,8H2,1-4H3. The summed E-state index contributed by atoms with van der Waals surface area (Å²) >= 11 is 0. The summed E-state index contributed by atoms with van der Waals surface area (Å²) < 4.78 is 0. The van der Waals surface area contributed by atoms with Gasteiger partial charge < -0.3 is 4.90 Å². The molecule has 1 heterocycles. The monoisotopic (exact) mass is 181 g/mol. The van der Waals surface area contributed by atoms with E-state index in [0.29, 0.717) is 5.92 Å². The van der Waals surface area contributed by atoms with Crippen molar-refractivity contribution in [1.82, 2.24) is 4.90 Å². The van der Waals surface area contributed by atoms with Gasteiger partial charge in [0.05, 0.1) is 5.54 Å². The Balaban J connectivity index is 2.54. The number of carbonyl (C=O) groups excluding carboxylic acids is 1. The molecule has 13 heavy (non-hydrogen) atoms. The smallest absolute Gasteiger partial charge is 0.247 e. The summed E-state index contributed by atoms with van der Waals surface area (Å²) in [4.78, 5) is 13.4. The van der Waals surface area contributed by atoms with Crippen LogP contribution in [0.15, 0.2) is 12.2 Å². The first-order valence-corrected chi connectivity index (χ1v) is 4.94. The van der Waals surface area contributed by atoms with E-state index in [4.69, 9.17) is 0 Å². The van der Waals surface area contributed by atoms with Gasteiger partial charge in [-0.15, -0.1) is 0 Å². The minimum Gasteiger partial charge on any atom is -0.331 e. The van der Waals surface area contributed by atoms with Crippen LogP contribution in [0.5, 0.6) is 0 Å². The first-order chi connectivity index (χ1) is 5.93. The molecule has 0 atom stereocenters. The molecule has 0 unspecified atom stereocenters. The Morgan fingerprint density at radius 1 is 1.46 bits per heavy atom. The molecule has 0 saturated carbocycles. The zero-order valence-electron chi connectivity index (χ0n) is 9.00. The van der Waals surface area contributed by atoms with Gasteiger partial charge in [-0.3, -0.25) is 4.79 Å². The maximum absolute atomic E-state index is 11.4. The van der Waals surface area contributed by atoms with Gasteiger partial charge in [-0.05, 0) is 26.2 Å². The van der Waals surface area contributed by atoms with Crippen molar-refractivity contribution in [3.63, 3.8) is 0 Å². The van der Waals surface area contributed by atoms with Crippen LogP contribution in [0.1, 0.15) is 34.1 Å². The summed E-state index contributed by atoms with van der Waals surface area (Å²) in [5, 5.41) is 0. The molecule has 0 bridgehead atoms. The van der Waals surface area contributed by atoms with Crippen LogP contribution in [0.2, 0.25) is 0 Å². The van der Waals surface area contributed by atoms with Crippen molar-refractivity contribution in [3.05, 3.63) is 12.2 Å². The number of nitrogens with zero attached hydrogens (tertiary/aromatic N) is 1. The van der Waals surface area contributed by atoms with Crippen molar-refractivity contribution in [2.24, 2.45) is 5.92 Å². The molecule has 1 rings (SSSR count). The minimum absolute atomic E-state index is 0.0774. The van der Waals surface area contributed by atoms with Crippen LogP contribution in [0.3, 0.4) is 0 Å². The summed E-state index contributed by atoms with van der Waals surface area (Å²) in [5.74, 6) is 0.815. The van der Waals surface area contributed by atoms with Crippen LogP contribution in [0.4, 0.5) is 0 Å². The highest BCUT2D eigenvalue weighted by atomic mass is 16.2. The summed E-state index contributed by atoms with van der Waals surface area (Å²) in [5.41, 5.74) is -0.0774. The van der Waals surface area contributed by atoms with E-state index in [9.17, 15) is 4.79 Å². The molecule has 0 aromatic heterocycles. The maximum Gasteiger partial charge on any atom is 0.247 e. The lowest BCUT2D eigenvalue weighted by molar-refractivity contribution is -0.128. The second-order valence-corrected chi connectivity index (χ2v) is 4.66. The third-order valence-corrected chi connectivity index (χ3v) is 2.53. The van der Waals surface area contributed by atoms with E-state index in [1.807, 2.05) is 11.0 Å². The predicted molar refractivity (Wildman–Crippen MR) is 54.4 cm³/mol. The largest absolute Gasteiger partial charge is 0.331 e. The van der Waals surface area contributed by atoms with Gasteiger partial charge in [-0.2, -0.15) is 0 Å². The highest BCUT2D eigenvalue weighted by molar-refractivity contribution is 5.91.